The third-order valence-corrected chi connectivity index (χ3v) is 3.10. The number of nitrogens with zero attached hydrogens (tertiary/aromatic N) is 2. The van der Waals surface area contributed by atoms with Crippen molar-refractivity contribution in [2.75, 3.05) is 6.61 Å². The summed E-state index contributed by atoms with van der Waals surface area (Å²) in [7, 11) is 0. The summed E-state index contributed by atoms with van der Waals surface area (Å²) in [5.74, 6) is 1.25. The predicted molar refractivity (Wildman–Crippen MR) is 63.5 cm³/mol. The van der Waals surface area contributed by atoms with Crippen LogP contribution < -0.4 is 5.73 Å². The van der Waals surface area contributed by atoms with Crippen molar-refractivity contribution in [3.05, 3.63) is 11.7 Å². The minimum atomic E-state index is -0.465. The van der Waals surface area contributed by atoms with Crippen LogP contribution in [0.1, 0.15) is 52.3 Å². The number of hydrogen-bond acceptors (Lipinski definition) is 5. The Hall–Kier alpha value is -0.940. The van der Waals surface area contributed by atoms with Crippen LogP contribution in [-0.2, 0) is 15.7 Å². The van der Waals surface area contributed by atoms with Gasteiger partial charge < -0.3 is 15.0 Å². The molecule has 2 N–H and O–H groups in total. The lowest BCUT2D eigenvalue weighted by atomic mass is 9.74. The lowest BCUT2D eigenvalue weighted by molar-refractivity contribution is -0.0426. The molecule has 0 saturated heterocycles. The molecule has 0 aromatic carbocycles. The first-order valence-corrected chi connectivity index (χ1v) is 6.10. The van der Waals surface area contributed by atoms with Gasteiger partial charge in [0.05, 0.1) is 11.6 Å². The van der Waals surface area contributed by atoms with E-state index in [0.717, 1.165) is 19.4 Å². The van der Waals surface area contributed by atoms with Crippen molar-refractivity contribution < 1.29 is 9.26 Å². The molecule has 0 bridgehead atoms. The summed E-state index contributed by atoms with van der Waals surface area (Å²) in [5.41, 5.74) is 5.64. The van der Waals surface area contributed by atoms with Gasteiger partial charge in [-0.3, -0.25) is 0 Å². The molecule has 96 valence electrons. The first-order chi connectivity index (χ1) is 7.85. The molecule has 2 rings (SSSR count). The Balaban J connectivity index is 2.07. The van der Waals surface area contributed by atoms with E-state index in [1.807, 2.05) is 27.7 Å². The van der Waals surface area contributed by atoms with E-state index in [1.165, 1.54) is 0 Å². The summed E-state index contributed by atoms with van der Waals surface area (Å²) in [5, 5.41) is 4.00. The summed E-state index contributed by atoms with van der Waals surface area (Å²) in [6, 6.07) is 0. The zero-order chi connectivity index (χ0) is 12.7. The SMILES string of the molecule is CCOC1CC(N)(c2noc(C(C)(C)C)n2)C1. The molecule has 0 amide bonds. The van der Waals surface area contributed by atoms with Crippen LogP contribution in [0.15, 0.2) is 4.52 Å². The van der Waals surface area contributed by atoms with Gasteiger partial charge in [-0.2, -0.15) is 4.98 Å². The Bertz CT molecular complexity index is 389. The molecule has 1 saturated carbocycles. The monoisotopic (exact) mass is 239 g/mol. The van der Waals surface area contributed by atoms with E-state index in [-0.39, 0.29) is 11.5 Å². The van der Waals surface area contributed by atoms with Crippen LogP contribution >= 0.6 is 0 Å². The van der Waals surface area contributed by atoms with Crippen LogP contribution in [0.25, 0.3) is 0 Å². The molecule has 5 nitrogen and oxygen atoms in total. The summed E-state index contributed by atoms with van der Waals surface area (Å²) in [6.07, 6.45) is 1.77. The first kappa shape index (κ1) is 12.5. The standard InChI is InChI=1S/C12H21N3O2/c1-5-16-8-6-12(13,7-8)9-14-10(17-15-9)11(2,3)4/h8H,5-7,13H2,1-4H3. The quantitative estimate of drug-likeness (QED) is 0.869. The fraction of sp³-hybridized carbons (Fsp3) is 0.833. The maximum atomic E-state index is 6.24. The number of rotatable bonds is 3. The Labute approximate surface area is 102 Å². The van der Waals surface area contributed by atoms with E-state index in [1.54, 1.807) is 0 Å². The van der Waals surface area contributed by atoms with Crippen molar-refractivity contribution in [1.29, 1.82) is 0 Å². The van der Waals surface area contributed by atoms with E-state index in [4.69, 9.17) is 15.0 Å². The molecule has 17 heavy (non-hydrogen) atoms. The van der Waals surface area contributed by atoms with Gasteiger partial charge >= 0.3 is 0 Å². The molecule has 5 heteroatoms. The molecule has 1 aliphatic rings. The minimum Gasteiger partial charge on any atom is -0.378 e. The highest BCUT2D eigenvalue weighted by Gasteiger charge is 2.46. The fourth-order valence-corrected chi connectivity index (χ4v) is 2.02. The van der Waals surface area contributed by atoms with Gasteiger partial charge in [0, 0.05) is 12.0 Å². The van der Waals surface area contributed by atoms with Gasteiger partial charge in [-0.1, -0.05) is 25.9 Å². The largest absolute Gasteiger partial charge is 0.378 e. The highest BCUT2D eigenvalue weighted by Crippen LogP contribution is 2.39. The van der Waals surface area contributed by atoms with Crippen LogP contribution in [0.4, 0.5) is 0 Å². The number of hydrogen-bond donors (Lipinski definition) is 1. The molecule has 0 atom stereocenters. The maximum absolute atomic E-state index is 6.24. The van der Waals surface area contributed by atoms with E-state index >= 15 is 0 Å². The lowest BCUT2D eigenvalue weighted by Crippen LogP contribution is -2.53. The Morgan fingerprint density at radius 2 is 2.12 bits per heavy atom. The minimum absolute atomic E-state index is 0.134. The normalized spacial score (nSPS) is 29.1. The fourth-order valence-electron chi connectivity index (χ4n) is 2.02. The second-order valence-electron chi connectivity index (χ2n) is 5.81. The molecule has 0 aliphatic heterocycles. The van der Waals surface area contributed by atoms with Gasteiger partial charge in [-0.15, -0.1) is 0 Å². The number of nitrogens with two attached hydrogens (primary N) is 1. The smallest absolute Gasteiger partial charge is 0.232 e. The molecular weight excluding hydrogens is 218 g/mol. The third kappa shape index (κ3) is 2.35. The van der Waals surface area contributed by atoms with Crippen LogP contribution in [0, 0.1) is 0 Å². The van der Waals surface area contributed by atoms with Gasteiger partial charge in [0.25, 0.3) is 0 Å². The Morgan fingerprint density at radius 1 is 1.47 bits per heavy atom. The van der Waals surface area contributed by atoms with E-state index in [0.29, 0.717) is 11.7 Å². The molecule has 0 spiro atoms. The molecule has 1 heterocycles. The van der Waals surface area contributed by atoms with Crippen LogP contribution in [-0.4, -0.2) is 22.9 Å². The average Bonchev–Trinajstić information content (AvgIpc) is 2.63. The van der Waals surface area contributed by atoms with Crippen LogP contribution in [0.3, 0.4) is 0 Å². The maximum Gasteiger partial charge on any atom is 0.232 e. The van der Waals surface area contributed by atoms with Crippen molar-refractivity contribution in [2.24, 2.45) is 5.73 Å². The Morgan fingerprint density at radius 3 is 2.59 bits per heavy atom. The summed E-state index contributed by atoms with van der Waals surface area (Å²) in [4.78, 5) is 4.41. The molecule has 0 radical (unpaired) electrons. The van der Waals surface area contributed by atoms with Crippen molar-refractivity contribution in [2.45, 2.75) is 57.6 Å². The first-order valence-electron chi connectivity index (χ1n) is 6.10. The average molecular weight is 239 g/mol. The summed E-state index contributed by atoms with van der Waals surface area (Å²) >= 11 is 0. The van der Waals surface area contributed by atoms with Crippen molar-refractivity contribution in [1.82, 2.24) is 10.1 Å². The number of ether oxygens (including phenoxy) is 1. The van der Waals surface area contributed by atoms with Crippen LogP contribution in [0.2, 0.25) is 0 Å². The van der Waals surface area contributed by atoms with Crippen molar-refractivity contribution in [3.8, 4) is 0 Å². The topological polar surface area (TPSA) is 74.2 Å². The summed E-state index contributed by atoms with van der Waals surface area (Å²) in [6.45, 7) is 8.83. The zero-order valence-electron chi connectivity index (χ0n) is 11.0. The molecule has 1 aromatic rings. The van der Waals surface area contributed by atoms with Gasteiger partial charge in [0.15, 0.2) is 5.82 Å². The van der Waals surface area contributed by atoms with Gasteiger partial charge in [-0.05, 0) is 19.8 Å². The van der Waals surface area contributed by atoms with E-state index in [9.17, 15) is 0 Å². The second-order valence-corrected chi connectivity index (χ2v) is 5.81. The van der Waals surface area contributed by atoms with E-state index < -0.39 is 5.54 Å². The Kier molecular flexibility index (Phi) is 2.99. The molecule has 1 aromatic heterocycles. The molecule has 1 aliphatic carbocycles. The van der Waals surface area contributed by atoms with Crippen molar-refractivity contribution >= 4 is 0 Å². The predicted octanol–water partition coefficient (Wildman–Crippen LogP) is 1.72. The van der Waals surface area contributed by atoms with Gasteiger partial charge in [0.2, 0.25) is 5.89 Å². The van der Waals surface area contributed by atoms with Crippen LogP contribution in [0.5, 0.6) is 0 Å². The molecule has 1 fully saturated rings. The van der Waals surface area contributed by atoms with Gasteiger partial charge in [0.1, 0.15) is 0 Å². The molecule has 0 unspecified atom stereocenters. The zero-order valence-corrected chi connectivity index (χ0v) is 11.0. The third-order valence-electron chi connectivity index (χ3n) is 3.10. The highest BCUT2D eigenvalue weighted by atomic mass is 16.5. The van der Waals surface area contributed by atoms with Gasteiger partial charge in [-0.25, -0.2) is 0 Å². The highest BCUT2D eigenvalue weighted by molar-refractivity contribution is 5.13. The molecular formula is C12H21N3O2. The van der Waals surface area contributed by atoms with Crippen molar-refractivity contribution in [3.63, 3.8) is 0 Å². The number of aromatic nitrogens is 2. The lowest BCUT2D eigenvalue weighted by Gasteiger charge is -2.41. The van der Waals surface area contributed by atoms with E-state index in [2.05, 4.69) is 10.1 Å². The summed E-state index contributed by atoms with van der Waals surface area (Å²) < 4.78 is 10.8. The second kappa shape index (κ2) is 4.07.